The number of likely N-dealkylation sites (tertiary alicyclic amines) is 1. The molecule has 1 aromatic heterocycles. The Bertz CT molecular complexity index is 522. The van der Waals surface area contributed by atoms with Crippen molar-refractivity contribution in [2.45, 2.75) is 58.5 Å². The van der Waals surface area contributed by atoms with Crippen molar-refractivity contribution in [3.63, 3.8) is 0 Å². The predicted molar refractivity (Wildman–Crippen MR) is 107 cm³/mol. The van der Waals surface area contributed by atoms with Gasteiger partial charge < -0.3 is 19.7 Å². The Balaban J connectivity index is 1.75. The molecule has 1 fully saturated rings. The molecule has 0 amide bonds. The molecule has 0 aromatic carbocycles. The fourth-order valence-electron chi connectivity index (χ4n) is 3.55. The van der Waals surface area contributed by atoms with Gasteiger partial charge >= 0.3 is 0 Å². The fourth-order valence-corrected chi connectivity index (χ4v) is 3.55. The molecule has 1 N–H and O–H groups in total. The molecule has 1 atom stereocenters. The lowest BCUT2D eigenvalue weighted by Crippen LogP contribution is -2.39. The Morgan fingerprint density at radius 3 is 2.88 bits per heavy atom. The Hall–Kier alpha value is -1.49. The molecule has 2 rings (SSSR count). The van der Waals surface area contributed by atoms with E-state index in [0.717, 1.165) is 38.1 Å². The molecule has 0 radical (unpaired) electrons. The lowest BCUT2D eigenvalue weighted by atomic mass is 10.0. The lowest BCUT2D eigenvalue weighted by Gasteiger charge is -2.33. The van der Waals surface area contributed by atoms with Crippen molar-refractivity contribution in [2.24, 2.45) is 12.0 Å². The Kier molecular flexibility index (Phi) is 8.32. The summed E-state index contributed by atoms with van der Waals surface area (Å²) in [6, 6.07) is 5.03. The number of guanidine groups is 1. The monoisotopic (exact) mass is 347 g/mol. The fraction of sp³-hybridized carbons (Fsp3) is 0.750. The number of piperidine rings is 1. The van der Waals surface area contributed by atoms with Crippen LogP contribution >= 0.6 is 0 Å². The molecule has 1 unspecified atom stereocenters. The first-order valence-corrected chi connectivity index (χ1v) is 9.95. The summed E-state index contributed by atoms with van der Waals surface area (Å²) in [4.78, 5) is 9.70. The van der Waals surface area contributed by atoms with Gasteiger partial charge in [-0.25, -0.2) is 0 Å². The summed E-state index contributed by atoms with van der Waals surface area (Å²) in [7, 11) is 4.21. The van der Waals surface area contributed by atoms with Crippen molar-refractivity contribution in [1.29, 1.82) is 0 Å². The number of nitrogens with one attached hydrogen (secondary N) is 1. The maximum atomic E-state index is 4.83. The van der Waals surface area contributed by atoms with Gasteiger partial charge in [-0.3, -0.25) is 4.99 Å². The van der Waals surface area contributed by atoms with Crippen LogP contribution in [0.3, 0.4) is 0 Å². The van der Waals surface area contributed by atoms with Crippen LogP contribution in [0, 0.1) is 0 Å². The van der Waals surface area contributed by atoms with Crippen LogP contribution < -0.4 is 5.32 Å². The number of aliphatic imine (C=N–C) groups is 1. The lowest BCUT2D eigenvalue weighted by molar-refractivity contribution is 0.158. The summed E-state index contributed by atoms with van der Waals surface area (Å²) >= 11 is 0. The third kappa shape index (κ3) is 6.38. The number of aromatic nitrogens is 1. The zero-order chi connectivity index (χ0) is 18.1. The van der Waals surface area contributed by atoms with Crippen molar-refractivity contribution in [2.75, 3.05) is 33.2 Å². The molecule has 2 heterocycles. The van der Waals surface area contributed by atoms with Gasteiger partial charge in [0.15, 0.2) is 5.96 Å². The van der Waals surface area contributed by atoms with E-state index in [-0.39, 0.29) is 0 Å². The highest BCUT2D eigenvalue weighted by Gasteiger charge is 2.17. The molecule has 25 heavy (non-hydrogen) atoms. The highest BCUT2D eigenvalue weighted by atomic mass is 15.3. The number of hydrogen-bond acceptors (Lipinski definition) is 2. The Morgan fingerprint density at radius 2 is 2.20 bits per heavy atom. The van der Waals surface area contributed by atoms with Crippen LogP contribution in [0.15, 0.2) is 23.3 Å². The second-order valence-corrected chi connectivity index (χ2v) is 7.29. The van der Waals surface area contributed by atoms with E-state index in [1.165, 1.54) is 44.5 Å². The van der Waals surface area contributed by atoms with E-state index in [9.17, 15) is 0 Å². The molecule has 0 aliphatic carbocycles. The van der Waals surface area contributed by atoms with Crippen molar-refractivity contribution >= 4 is 5.96 Å². The maximum Gasteiger partial charge on any atom is 0.194 e. The minimum absolute atomic E-state index is 0.769. The van der Waals surface area contributed by atoms with Crippen molar-refractivity contribution < 1.29 is 0 Å². The van der Waals surface area contributed by atoms with Gasteiger partial charge in [0.1, 0.15) is 0 Å². The van der Waals surface area contributed by atoms with Gasteiger partial charge in [-0.2, -0.15) is 0 Å². The van der Waals surface area contributed by atoms with Crippen LogP contribution in [0.1, 0.15) is 51.6 Å². The standard InChI is InChI=1S/C20H37N5/c1-5-21-20(24(4)17-19-12-10-14-23(19)3)22-13-7-9-16-25-15-8-6-11-18(25)2/h10,12,14,18H,5-9,11,13,15-17H2,1-4H3,(H,21,22). The molecular weight excluding hydrogens is 310 g/mol. The Morgan fingerprint density at radius 1 is 1.36 bits per heavy atom. The van der Waals surface area contributed by atoms with Gasteiger partial charge in [0.05, 0.1) is 6.54 Å². The molecule has 1 saturated heterocycles. The van der Waals surface area contributed by atoms with Gasteiger partial charge in [0, 0.05) is 45.1 Å². The molecule has 1 aromatic rings. The normalized spacial score (nSPS) is 19.2. The number of hydrogen-bond donors (Lipinski definition) is 1. The molecule has 0 spiro atoms. The minimum Gasteiger partial charge on any atom is -0.357 e. The van der Waals surface area contributed by atoms with Crippen molar-refractivity contribution in [3.05, 3.63) is 24.0 Å². The first kappa shape index (κ1) is 19.8. The number of nitrogens with zero attached hydrogens (tertiary/aromatic N) is 4. The summed E-state index contributed by atoms with van der Waals surface area (Å²) in [5.74, 6) is 1.01. The van der Waals surface area contributed by atoms with E-state index in [1.807, 2.05) is 0 Å². The number of unbranched alkanes of at least 4 members (excludes halogenated alkanes) is 1. The van der Waals surface area contributed by atoms with Crippen LogP contribution in [0.5, 0.6) is 0 Å². The van der Waals surface area contributed by atoms with E-state index >= 15 is 0 Å². The molecular formula is C20H37N5. The van der Waals surface area contributed by atoms with Crippen LogP contribution in [0.4, 0.5) is 0 Å². The van der Waals surface area contributed by atoms with E-state index in [1.54, 1.807) is 0 Å². The third-order valence-electron chi connectivity index (χ3n) is 5.20. The zero-order valence-corrected chi connectivity index (χ0v) is 16.7. The highest BCUT2D eigenvalue weighted by molar-refractivity contribution is 5.79. The molecule has 0 bridgehead atoms. The van der Waals surface area contributed by atoms with Crippen LogP contribution in [0.2, 0.25) is 0 Å². The Labute approximate surface area is 154 Å². The third-order valence-corrected chi connectivity index (χ3v) is 5.20. The predicted octanol–water partition coefficient (Wildman–Crippen LogP) is 3.08. The van der Waals surface area contributed by atoms with Crippen LogP contribution in [0.25, 0.3) is 0 Å². The molecule has 5 nitrogen and oxygen atoms in total. The first-order chi connectivity index (χ1) is 12.1. The minimum atomic E-state index is 0.769. The van der Waals surface area contributed by atoms with Crippen molar-refractivity contribution in [3.8, 4) is 0 Å². The summed E-state index contributed by atoms with van der Waals surface area (Å²) in [5.41, 5.74) is 1.30. The molecule has 1 aliphatic heterocycles. The van der Waals surface area contributed by atoms with E-state index < -0.39 is 0 Å². The van der Waals surface area contributed by atoms with Gasteiger partial charge in [-0.05, 0) is 64.8 Å². The largest absolute Gasteiger partial charge is 0.357 e. The average Bonchev–Trinajstić information content (AvgIpc) is 3.00. The molecule has 1 aliphatic rings. The van der Waals surface area contributed by atoms with Gasteiger partial charge in [-0.15, -0.1) is 0 Å². The second kappa shape index (κ2) is 10.5. The molecule has 5 heteroatoms. The first-order valence-electron chi connectivity index (χ1n) is 9.95. The zero-order valence-electron chi connectivity index (χ0n) is 16.7. The maximum absolute atomic E-state index is 4.83. The average molecular weight is 348 g/mol. The van der Waals surface area contributed by atoms with E-state index in [2.05, 4.69) is 66.0 Å². The summed E-state index contributed by atoms with van der Waals surface area (Å²) < 4.78 is 2.17. The van der Waals surface area contributed by atoms with Crippen LogP contribution in [-0.2, 0) is 13.6 Å². The molecule has 142 valence electrons. The summed E-state index contributed by atoms with van der Waals surface area (Å²) in [5, 5.41) is 3.42. The number of aryl methyl sites for hydroxylation is 1. The van der Waals surface area contributed by atoms with Gasteiger partial charge in [0.2, 0.25) is 0 Å². The van der Waals surface area contributed by atoms with Gasteiger partial charge in [-0.1, -0.05) is 6.42 Å². The summed E-state index contributed by atoms with van der Waals surface area (Å²) in [6.45, 7) is 9.70. The van der Waals surface area contributed by atoms with Gasteiger partial charge in [0.25, 0.3) is 0 Å². The second-order valence-electron chi connectivity index (χ2n) is 7.29. The number of rotatable bonds is 8. The van der Waals surface area contributed by atoms with E-state index in [4.69, 9.17) is 4.99 Å². The SMILES string of the molecule is CCNC(=NCCCCN1CCCCC1C)N(C)Cc1cccn1C. The van der Waals surface area contributed by atoms with E-state index in [0.29, 0.717) is 0 Å². The summed E-state index contributed by atoms with van der Waals surface area (Å²) in [6.07, 6.45) is 8.64. The smallest absolute Gasteiger partial charge is 0.194 e. The molecule has 0 saturated carbocycles. The van der Waals surface area contributed by atoms with Crippen LogP contribution in [-0.4, -0.2) is 59.6 Å². The highest BCUT2D eigenvalue weighted by Crippen LogP contribution is 2.16. The van der Waals surface area contributed by atoms with Crippen molar-refractivity contribution in [1.82, 2.24) is 19.7 Å². The topological polar surface area (TPSA) is 35.8 Å². The quantitative estimate of drug-likeness (QED) is 0.446.